The number of nitrogens with zero attached hydrogens (tertiary/aromatic N) is 2. The second kappa shape index (κ2) is 6.39. The second-order valence-corrected chi connectivity index (χ2v) is 6.12. The van der Waals surface area contributed by atoms with E-state index in [0.717, 1.165) is 0 Å². The van der Waals surface area contributed by atoms with Gasteiger partial charge in [-0.3, -0.25) is 0 Å². The highest BCUT2D eigenvalue weighted by Crippen LogP contribution is 2.31. The third-order valence-electron chi connectivity index (χ3n) is 3.07. The molecule has 0 saturated heterocycles. The zero-order valence-corrected chi connectivity index (χ0v) is 13.2. The van der Waals surface area contributed by atoms with E-state index in [1.54, 1.807) is 6.92 Å². The molecule has 0 radical (unpaired) electrons. The summed E-state index contributed by atoms with van der Waals surface area (Å²) in [6.07, 6.45) is 0. The van der Waals surface area contributed by atoms with E-state index < -0.39 is 10.1 Å². The van der Waals surface area contributed by atoms with Crippen molar-refractivity contribution in [3.63, 3.8) is 0 Å². The van der Waals surface area contributed by atoms with Crippen LogP contribution in [-0.2, 0) is 10.1 Å². The Bertz CT molecular complexity index is 938. The fourth-order valence-electron chi connectivity index (χ4n) is 1.97. The zero-order chi connectivity index (χ0) is 17.0. The van der Waals surface area contributed by atoms with Gasteiger partial charge in [-0.2, -0.15) is 18.9 Å². The lowest BCUT2D eigenvalue weighted by molar-refractivity contribution is 0.390. The van der Waals surface area contributed by atoms with E-state index in [4.69, 9.17) is 19.4 Å². The van der Waals surface area contributed by atoms with Gasteiger partial charge in [0.2, 0.25) is 0 Å². The third-order valence-corrected chi connectivity index (χ3v) is 4.46. The minimum atomic E-state index is -4.09. The molecule has 0 N–H and O–H groups in total. The first-order chi connectivity index (χ1) is 10.9. The first-order valence-corrected chi connectivity index (χ1v) is 7.85. The van der Waals surface area contributed by atoms with Gasteiger partial charge in [0.15, 0.2) is 11.5 Å². The zero-order valence-electron chi connectivity index (χ0n) is 12.4. The highest BCUT2D eigenvalue weighted by molar-refractivity contribution is 7.87. The fraction of sp³-hybridized carbons (Fsp3) is 0.125. The number of aryl methyl sites for hydroxylation is 1. The molecule has 0 aromatic heterocycles. The summed E-state index contributed by atoms with van der Waals surface area (Å²) in [7, 11) is -2.74. The van der Waals surface area contributed by atoms with E-state index in [1.807, 2.05) is 12.1 Å². The van der Waals surface area contributed by atoms with Crippen LogP contribution in [0.25, 0.3) is 0 Å². The summed E-state index contributed by atoms with van der Waals surface area (Å²) in [6.45, 7) is 1.58. The topological polar surface area (TPSA) is 100 Å². The van der Waals surface area contributed by atoms with Gasteiger partial charge in [-0.1, -0.05) is 0 Å². The summed E-state index contributed by atoms with van der Waals surface area (Å²) in [5, 5.41) is 17.7. The van der Waals surface area contributed by atoms with Gasteiger partial charge in [-0.15, -0.1) is 0 Å². The van der Waals surface area contributed by atoms with Gasteiger partial charge in [0.25, 0.3) is 0 Å². The molecular formula is C16H12N2O4S. The van der Waals surface area contributed by atoms with Gasteiger partial charge in [0.05, 0.1) is 30.4 Å². The second-order valence-electron chi connectivity index (χ2n) is 4.61. The molecule has 0 amide bonds. The minimum Gasteiger partial charge on any atom is -0.493 e. The van der Waals surface area contributed by atoms with Gasteiger partial charge in [0, 0.05) is 6.07 Å². The van der Waals surface area contributed by atoms with Crippen LogP contribution in [0.5, 0.6) is 11.5 Å². The van der Waals surface area contributed by atoms with Crippen molar-refractivity contribution in [1.29, 1.82) is 10.5 Å². The minimum absolute atomic E-state index is 0.0183. The average Bonchev–Trinajstić information content (AvgIpc) is 2.54. The molecule has 0 atom stereocenters. The molecule has 7 heteroatoms. The number of ether oxygens (including phenoxy) is 1. The van der Waals surface area contributed by atoms with E-state index in [2.05, 4.69) is 0 Å². The average molecular weight is 328 g/mol. The van der Waals surface area contributed by atoms with Crippen molar-refractivity contribution >= 4 is 10.1 Å². The van der Waals surface area contributed by atoms with Gasteiger partial charge < -0.3 is 8.92 Å². The summed E-state index contributed by atoms with van der Waals surface area (Å²) in [5.41, 5.74) is 1.08. The maximum Gasteiger partial charge on any atom is 0.339 e. The summed E-state index contributed by atoms with van der Waals surface area (Å²) >= 11 is 0. The Morgan fingerprint density at radius 1 is 0.957 bits per heavy atom. The van der Waals surface area contributed by atoms with Crippen LogP contribution in [0.2, 0.25) is 0 Å². The Labute approximate surface area is 134 Å². The predicted octanol–water partition coefficient (Wildman–Crippen LogP) is 2.51. The SMILES string of the molecule is COc1cc(C#N)ccc1OS(=O)(=O)c1ccc(C#N)cc1C. The lowest BCUT2D eigenvalue weighted by Gasteiger charge is -2.12. The number of benzene rings is 2. The van der Waals surface area contributed by atoms with Crippen LogP contribution in [0.15, 0.2) is 41.3 Å². The molecule has 116 valence electrons. The Morgan fingerprint density at radius 2 is 1.57 bits per heavy atom. The summed E-state index contributed by atoms with van der Waals surface area (Å²) in [5.74, 6) is 0.120. The molecule has 2 aromatic carbocycles. The fourth-order valence-corrected chi connectivity index (χ4v) is 3.12. The lowest BCUT2D eigenvalue weighted by Crippen LogP contribution is -2.12. The molecule has 0 heterocycles. The first-order valence-electron chi connectivity index (χ1n) is 6.44. The molecular weight excluding hydrogens is 316 g/mol. The standard InChI is InChI=1S/C16H12N2O4S/c1-11-7-12(9-17)4-6-16(11)23(19,20)22-14-5-3-13(10-18)8-15(14)21-2/h3-8H,1-2H3. The lowest BCUT2D eigenvalue weighted by atomic mass is 10.2. The molecule has 2 rings (SSSR count). The van der Waals surface area contributed by atoms with Crippen LogP contribution in [0.3, 0.4) is 0 Å². The molecule has 0 aliphatic carbocycles. The van der Waals surface area contributed by atoms with Crippen molar-refractivity contribution in [2.24, 2.45) is 0 Å². The highest BCUT2D eigenvalue weighted by atomic mass is 32.2. The summed E-state index contributed by atoms with van der Waals surface area (Å²) in [4.78, 5) is -0.0390. The van der Waals surface area contributed by atoms with Crippen molar-refractivity contribution in [2.45, 2.75) is 11.8 Å². The van der Waals surface area contributed by atoms with E-state index in [0.29, 0.717) is 16.7 Å². The smallest absolute Gasteiger partial charge is 0.339 e. The predicted molar refractivity (Wildman–Crippen MR) is 81.4 cm³/mol. The Kier molecular flexibility index (Phi) is 4.54. The Hall–Kier alpha value is -3.03. The van der Waals surface area contributed by atoms with Crippen molar-refractivity contribution in [2.75, 3.05) is 7.11 Å². The number of rotatable bonds is 4. The summed E-state index contributed by atoms with van der Waals surface area (Å²) in [6, 6.07) is 12.2. The molecule has 0 aliphatic rings. The van der Waals surface area contributed by atoms with Crippen LogP contribution in [-0.4, -0.2) is 15.5 Å². The molecule has 0 aliphatic heterocycles. The van der Waals surface area contributed by atoms with Crippen molar-refractivity contribution in [3.05, 3.63) is 53.1 Å². The molecule has 23 heavy (non-hydrogen) atoms. The van der Waals surface area contributed by atoms with Crippen LogP contribution in [0, 0.1) is 29.6 Å². The quantitative estimate of drug-likeness (QED) is 0.799. The van der Waals surface area contributed by atoms with E-state index in [-0.39, 0.29) is 16.4 Å². The number of hydrogen-bond donors (Lipinski definition) is 0. The van der Waals surface area contributed by atoms with Gasteiger partial charge in [-0.25, -0.2) is 0 Å². The Balaban J connectivity index is 2.43. The normalized spacial score (nSPS) is 10.4. The summed E-state index contributed by atoms with van der Waals surface area (Å²) < 4.78 is 35.0. The number of hydrogen-bond acceptors (Lipinski definition) is 6. The van der Waals surface area contributed by atoms with Crippen LogP contribution >= 0.6 is 0 Å². The molecule has 0 spiro atoms. The highest BCUT2D eigenvalue weighted by Gasteiger charge is 2.21. The molecule has 0 bridgehead atoms. The molecule has 0 unspecified atom stereocenters. The molecule has 0 saturated carbocycles. The van der Waals surface area contributed by atoms with Gasteiger partial charge in [0.1, 0.15) is 4.90 Å². The van der Waals surface area contributed by atoms with Crippen LogP contribution in [0.4, 0.5) is 0 Å². The first kappa shape index (κ1) is 16.3. The maximum absolute atomic E-state index is 12.4. The van der Waals surface area contributed by atoms with Crippen molar-refractivity contribution in [3.8, 4) is 23.6 Å². The van der Waals surface area contributed by atoms with Crippen molar-refractivity contribution < 1.29 is 17.3 Å². The Morgan fingerprint density at radius 3 is 2.13 bits per heavy atom. The largest absolute Gasteiger partial charge is 0.493 e. The van der Waals surface area contributed by atoms with Crippen LogP contribution in [0.1, 0.15) is 16.7 Å². The molecule has 0 fully saturated rings. The van der Waals surface area contributed by atoms with E-state index >= 15 is 0 Å². The van der Waals surface area contributed by atoms with Crippen molar-refractivity contribution in [1.82, 2.24) is 0 Å². The molecule has 6 nitrogen and oxygen atoms in total. The monoisotopic (exact) mass is 328 g/mol. The number of nitriles is 2. The van der Waals surface area contributed by atoms with E-state index in [9.17, 15) is 8.42 Å². The maximum atomic E-state index is 12.4. The van der Waals surface area contributed by atoms with Gasteiger partial charge in [-0.05, 0) is 42.8 Å². The van der Waals surface area contributed by atoms with E-state index in [1.165, 1.54) is 43.5 Å². The van der Waals surface area contributed by atoms with Crippen LogP contribution < -0.4 is 8.92 Å². The van der Waals surface area contributed by atoms with Gasteiger partial charge >= 0.3 is 10.1 Å². The molecule has 2 aromatic rings. The third kappa shape index (κ3) is 3.42. The number of methoxy groups -OCH3 is 1.